The molecule has 1 aliphatic heterocycles. The molecule has 1 saturated heterocycles. The largest absolute Gasteiger partial charge is 0.320 e. The summed E-state index contributed by atoms with van der Waals surface area (Å²) in [5.41, 5.74) is -0.411. The molecule has 3 nitrogen and oxygen atoms in total. The summed E-state index contributed by atoms with van der Waals surface area (Å²) in [6, 6.07) is 4.32. The molecule has 0 aromatic carbocycles. The minimum atomic E-state index is -0.411. The van der Waals surface area contributed by atoms with Gasteiger partial charge in [-0.2, -0.15) is 0 Å². The summed E-state index contributed by atoms with van der Waals surface area (Å²) < 4.78 is 0. The van der Waals surface area contributed by atoms with Gasteiger partial charge in [0.15, 0.2) is 0 Å². The second kappa shape index (κ2) is 5.40. The van der Waals surface area contributed by atoms with Crippen molar-refractivity contribution < 1.29 is 4.79 Å². The Labute approximate surface area is 131 Å². The number of amides is 1. The minimum Gasteiger partial charge on any atom is -0.320 e. The number of thiophene rings is 1. The van der Waals surface area contributed by atoms with E-state index in [0.717, 1.165) is 18.9 Å². The fourth-order valence-electron chi connectivity index (χ4n) is 3.27. The van der Waals surface area contributed by atoms with Crippen LogP contribution in [0.1, 0.15) is 56.0 Å². The summed E-state index contributed by atoms with van der Waals surface area (Å²) in [7, 11) is 0. The average molecular weight is 306 g/mol. The van der Waals surface area contributed by atoms with Crippen LogP contribution >= 0.6 is 11.3 Å². The lowest BCUT2D eigenvalue weighted by Crippen LogP contribution is -2.43. The van der Waals surface area contributed by atoms with E-state index in [1.165, 1.54) is 22.6 Å². The zero-order valence-electron chi connectivity index (χ0n) is 13.5. The zero-order valence-corrected chi connectivity index (χ0v) is 14.3. The Morgan fingerprint density at radius 3 is 2.71 bits per heavy atom. The molecule has 3 unspecified atom stereocenters. The number of carbonyl (C=O) groups excluding carboxylic acids is 1. The van der Waals surface area contributed by atoms with Crippen molar-refractivity contribution in [3.63, 3.8) is 0 Å². The van der Waals surface area contributed by atoms with Crippen molar-refractivity contribution in [1.29, 1.82) is 0 Å². The van der Waals surface area contributed by atoms with Crippen molar-refractivity contribution in [2.24, 2.45) is 11.8 Å². The highest BCUT2D eigenvalue weighted by Crippen LogP contribution is 2.41. The highest BCUT2D eigenvalue weighted by Gasteiger charge is 2.48. The molecular formula is C17H26N2OS. The molecule has 1 aromatic heterocycles. The molecule has 2 heterocycles. The van der Waals surface area contributed by atoms with Crippen LogP contribution in [0.5, 0.6) is 0 Å². The summed E-state index contributed by atoms with van der Waals surface area (Å²) >= 11 is 1.80. The maximum Gasteiger partial charge on any atom is 0.244 e. The first-order chi connectivity index (χ1) is 9.94. The van der Waals surface area contributed by atoms with E-state index >= 15 is 0 Å². The highest BCUT2D eigenvalue weighted by molar-refractivity contribution is 7.12. The van der Waals surface area contributed by atoms with Crippen molar-refractivity contribution in [2.75, 3.05) is 6.54 Å². The second-order valence-electron chi connectivity index (χ2n) is 6.95. The van der Waals surface area contributed by atoms with E-state index in [9.17, 15) is 4.79 Å². The first-order valence-corrected chi connectivity index (χ1v) is 8.91. The molecule has 1 saturated carbocycles. The summed E-state index contributed by atoms with van der Waals surface area (Å²) in [5, 5.41) is 3.60. The summed E-state index contributed by atoms with van der Waals surface area (Å²) in [4.78, 5) is 17.6. The van der Waals surface area contributed by atoms with Gasteiger partial charge in [-0.3, -0.25) is 10.1 Å². The predicted octanol–water partition coefficient (Wildman–Crippen LogP) is 3.70. The molecule has 1 amide bonds. The minimum absolute atomic E-state index is 0.0577. The monoisotopic (exact) mass is 306 g/mol. The normalized spacial score (nSPS) is 31.0. The van der Waals surface area contributed by atoms with E-state index < -0.39 is 5.54 Å². The van der Waals surface area contributed by atoms with E-state index in [1.807, 2.05) is 6.92 Å². The third-order valence-corrected chi connectivity index (χ3v) is 6.20. The quantitative estimate of drug-likeness (QED) is 0.899. The number of hydrogen-bond acceptors (Lipinski definition) is 3. The average Bonchev–Trinajstić information content (AvgIpc) is 3.18. The number of carbonyl (C=O) groups is 1. The molecule has 2 aliphatic rings. The van der Waals surface area contributed by atoms with E-state index in [-0.39, 0.29) is 12.1 Å². The second-order valence-corrected chi connectivity index (χ2v) is 8.27. The number of nitrogens with zero attached hydrogens (tertiary/aromatic N) is 1. The van der Waals surface area contributed by atoms with Crippen LogP contribution in [-0.2, 0) is 4.79 Å². The topological polar surface area (TPSA) is 32.3 Å². The Bertz CT molecular complexity index is 537. The van der Waals surface area contributed by atoms with E-state index in [1.54, 1.807) is 11.3 Å². The number of rotatable bonds is 5. The number of aryl methyl sites for hydroxylation is 1. The Kier molecular flexibility index (Phi) is 3.87. The van der Waals surface area contributed by atoms with Crippen LogP contribution in [-0.4, -0.2) is 22.9 Å². The molecule has 0 bridgehead atoms. The zero-order chi connectivity index (χ0) is 15.2. The van der Waals surface area contributed by atoms with Gasteiger partial charge < -0.3 is 4.90 Å². The van der Waals surface area contributed by atoms with Gasteiger partial charge in [-0.1, -0.05) is 13.8 Å². The van der Waals surface area contributed by atoms with Crippen LogP contribution in [0.25, 0.3) is 0 Å². The molecule has 116 valence electrons. The molecule has 21 heavy (non-hydrogen) atoms. The Morgan fingerprint density at radius 1 is 1.48 bits per heavy atom. The predicted molar refractivity (Wildman–Crippen MR) is 87.2 cm³/mol. The molecule has 0 radical (unpaired) electrons. The molecule has 1 N–H and O–H groups in total. The van der Waals surface area contributed by atoms with Gasteiger partial charge in [0.05, 0.1) is 5.54 Å². The van der Waals surface area contributed by atoms with Gasteiger partial charge in [-0.25, -0.2) is 0 Å². The Morgan fingerprint density at radius 2 is 2.19 bits per heavy atom. The Balaban J connectivity index is 1.85. The third-order valence-electron chi connectivity index (χ3n) is 5.15. The van der Waals surface area contributed by atoms with E-state index in [4.69, 9.17) is 0 Å². The first-order valence-electron chi connectivity index (χ1n) is 8.09. The van der Waals surface area contributed by atoms with Crippen LogP contribution < -0.4 is 5.32 Å². The van der Waals surface area contributed by atoms with Gasteiger partial charge in [0.25, 0.3) is 0 Å². The summed E-state index contributed by atoms with van der Waals surface area (Å²) in [5.74, 6) is 1.71. The van der Waals surface area contributed by atoms with Crippen LogP contribution in [0.3, 0.4) is 0 Å². The lowest BCUT2D eigenvalue weighted by Gasteiger charge is -2.26. The van der Waals surface area contributed by atoms with E-state index in [0.29, 0.717) is 5.92 Å². The molecule has 0 spiro atoms. The number of nitrogens with one attached hydrogen (secondary N) is 1. The maximum absolute atomic E-state index is 12.9. The first kappa shape index (κ1) is 15.0. The van der Waals surface area contributed by atoms with Crippen molar-refractivity contribution in [3.8, 4) is 0 Å². The van der Waals surface area contributed by atoms with Gasteiger partial charge in [-0.15, -0.1) is 11.3 Å². The molecule has 1 aromatic rings. The van der Waals surface area contributed by atoms with Gasteiger partial charge in [0, 0.05) is 16.3 Å². The highest BCUT2D eigenvalue weighted by atomic mass is 32.1. The molecule has 4 heteroatoms. The van der Waals surface area contributed by atoms with Gasteiger partial charge >= 0.3 is 0 Å². The van der Waals surface area contributed by atoms with Crippen LogP contribution in [0, 0.1) is 18.8 Å². The lowest BCUT2D eigenvalue weighted by atomic mass is 9.98. The summed E-state index contributed by atoms with van der Waals surface area (Å²) in [6.45, 7) is 9.44. The van der Waals surface area contributed by atoms with Gasteiger partial charge in [0.2, 0.25) is 5.91 Å². The van der Waals surface area contributed by atoms with Crippen LogP contribution in [0.2, 0.25) is 0 Å². The molecule has 2 fully saturated rings. The molecule has 3 atom stereocenters. The molecule has 3 rings (SSSR count). The van der Waals surface area contributed by atoms with Gasteiger partial charge in [0.1, 0.15) is 6.17 Å². The van der Waals surface area contributed by atoms with Crippen molar-refractivity contribution >= 4 is 17.2 Å². The molecule has 1 aliphatic carbocycles. The lowest BCUT2D eigenvalue weighted by molar-refractivity contribution is -0.133. The Hall–Kier alpha value is -0.870. The van der Waals surface area contributed by atoms with Crippen LogP contribution in [0.4, 0.5) is 0 Å². The fraction of sp³-hybridized carbons (Fsp3) is 0.706. The SMILES string of the molecule is CCC1(C)NC(c2ccc(C)s2)N(CC(C)C2CC2)C1=O. The van der Waals surface area contributed by atoms with Crippen molar-refractivity contribution in [1.82, 2.24) is 10.2 Å². The van der Waals surface area contributed by atoms with Crippen LogP contribution in [0.15, 0.2) is 12.1 Å². The number of hydrogen-bond donors (Lipinski definition) is 1. The maximum atomic E-state index is 12.9. The van der Waals surface area contributed by atoms with Gasteiger partial charge in [-0.05, 0) is 57.1 Å². The molecular weight excluding hydrogens is 280 g/mol. The third kappa shape index (κ3) is 2.76. The van der Waals surface area contributed by atoms with Crippen molar-refractivity contribution in [3.05, 3.63) is 21.9 Å². The van der Waals surface area contributed by atoms with E-state index in [2.05, 4.69) is 43.1 Å². The standard InChI is InChI=1S/C17H26N2OS/c1-5-17(4)16(20)19(10-11(2)13-7-8-13)15(18-17)14-9-6-12(3)21-14/h6,9,11,13,15,18H,5,7-8,10H2,1-4H3. The fourth-order valence-corrected chi connectivity index (χ4v) is 4.21. The van der Waals surface area contributed by atoms with Crippen molar-refractivity contribution in [2.45, 2.75) is 58.7 Å². The smallest absolute Gasteiger partial charge is 0.244 e. The summed E-state index contributed by atoms with van der Waals surface area (Å²) in [6.07, 6.45) is 3.57.